The molecule has 0 saturated carbocycles. The van der Waals surface area contributed by atoms with Crippen LogP contribution in [0.4, 0.5) is 13.2 Å². The van der Waals surface area contributed by atoms with E-state index in [1.807, 2.05) is 0 Å². The molecule has 0 aliphatic rings. The fourth-order valence-electron chi connectivity index (χ4n) is 0.436. The average molecular weight is 188 g/mol. The maximum atomic E-state index is 12.5. The average Bonchev–Trinajstić information content (AvgIpc) is 1.56. The van der Waals surface area contributed by atoms with Crippen molar-refractivity contribution in [2.24, 2.45) is 0 Å². The van der Waals surface area contributed by atoms with Crippen LogP contribution < -0.4 is 0 Å². The SMILES string of the molecule is CC(=O)CC(F)(S)C(O)(F)F. The lowest BCUT2D eigenvalue weighted by Crippen LogP contribution is -2.40. The van der Waals surface area contributed by atoms with Crippen LogP contribution in [0.2, 0.25) is 0 Å². The van der Waals surface area contributed by atoms with Gasteiger partial charge in [0.1, 0.15) is 5.78 Å². The minimum Gasteiger partial charge on any atom is -0.333 e. The molecule has 0 heterocycles. The van der Waals surface area contributed by atoms with Gasteiger partial charge in [0, 0.05) is 0 Å². The summed E-state index contributed by atoms with van der Waals surface area (Å²) in [5, 5.41) is 4.38. The van der Waals surface area contributed by atoms with Gasteiger partial charge in [-0.15, -0.1) is 12.6 Å². The first kappa shape index (κ1) is 10.8. The lowest BCUT2D eigenvalue weighted by molar-refractivity contribution is -0.252. The molecular formula is C5H7F3O2S. The summed E-state index contributed by atoms with van der Waals surface area (Å²) >= 11 is 2.82. The van der Waals surface area contributed by atoms with E-state index in [9.17, 15) is 18.0 Å². The summed E-state index contributed by atoms with van der Waals surface area (Å²) < 4.78 is 36.1. The smallest absolute Gasteiger partial charge is 0.333 e. The largest absolute Gasteiger partial charge is 0.397 e. The number of carbonyl (C=O) groups excluding carboxylic acids is 1. The molecule has 0 aromatic rings. The van der Waals surface area contributed by atoms with Crippen molar-refractivity contribution in [2.75, 3.05) is 0 Å². The van der Waals surface area contributed by atoms with E-state index in [-0.39, 0.29) is 0 Å². The minimum absolute atomic E-state index is 0.809. The molecule has 66 valence electrons. The number of hydrogen-bond donors (Lipinski definition) is 2. The molecule has 2 nitrogen and oxygen atoms in total. The number of ketones is 1. The Balaban J connectivity index is 4.34. The van der Waals surface area contributed by atoms with Crippen molar-refractivity contribution in [3.8, 4) is 0 Å². The predicted octanol–water partition coefficient (Wildman–Crippen LogP) is 1.15. The third-order valence-corrected chi connectivity index (χ3v) is 1.37. The first-order valence-electron chi connectivity index (χ1n) is 2.68. The van der Waals surface area contributed by atoms with Crippen molar-refractivity contribution in [3.05, 3.63) is 0 Å². The summed E-state index contributed by atoms with van der Waals surface area (Å²) in [6, 6.07) is 0. The molecule has 0 aliphatic heterocycles. The number of halogens is 3. The molecule has 6 heteroatoms. The summed E-state index contributed by atoms with van der Waals surface area (Å²) in [4.78, 5) is 10.2. The summed E-state index contributed by atoms with van der Waals surface area (Å²) in [6.45, 7) is 0.927. The van der Waals surface area contributed by atoms with E-state index in [1.54, 1.807) is 0 Å². The van der Waals surface area contributed by atoms with Gasteiger partial charge in [0.2, 0.25) is 5.00 Å². The van der Waals surface area contributed by atoms with Crippen LogP contribution in [-0.4, -0.2) is 22.0 Å². The van der Waals surface area contributed by atoms with E-state index in [4.69, 9.17) is 5.11 Å². The molecule has 0 radical (unpaired) electrons. The van der Waals surface area contributed by atoms with Crippen LogP contribution in [0.5, 0.6) is 0 Å². The van der Waals surface area contributed by atoms with Gasteiger partial charge in [-0.3, -0.25) is 4.79 Å². The molecular weight excluding hydrogens is 181 g/mol. The highest BCUT2D eigenvalue weighted by Gasteiger charge is 2.51. The summed E-state index contributed by atoms with van der Waals surface area (Å²) in [7, 11) is 0. The molecule has 1 atom stereocenters. The number of thiol groups is 1. The van der Waals surface area contributed by atoms with E-state index >= 15 is 0 Å². The molecule has 0 bridgehead atoms. The minimum atomic E-state index is -4.60. The Morgan fingerprint density at radius 2 is 1.91 bits per heavy atom. The molecule has 0 fully saturated rings. The van der Waals surface area contributed by atoms with Crippen LogP contribution in [0.25, 0.3) is 0 Å². The molecule has 0 saturated heterocycles. The van der Waals surface area contributed by atoms with Crippen LogP contribution in [0.3, 0.4) is 0 Å². The Morgan fingerprint density at radius 1 is 1.55 bits per heavy atom. The molecule has 1 unspecified atom stereocenters. The number of hydrogen-bond acceptors (Lipinski definition) is 3. The van der Waals surface area contributed by atoms with Crippen molar-refractivity contribution < 1.29 is 23.1 Å². The lowest BCUT2D eigenvalue weighted by Gasteiger charge is -2.22. The van der Waals surface area contributed by atoms with Gasteiger partial charge >= 0.3 is 6.11 Å². The highest BCUT2D eigenvalue weighted by molar-refractivity contribution is 7.81. The van der Waals surface area contributed by atoms with E-state index in [1.165, 1.54) is 0 Å². The highest BCUT2D eigenvalue weighted by Crippen LogP contribution is 2.36. The quantitative estimate of drug-likeness (QED) is 0.652. The van der Waals surface area contributed by atoms with Gasteiger partial charge in [0.05, 0.1) is 6.42 Å². The van der Waals surface area contributed by atoms with Crippen molar-refractivity contribution in [3.63, 3.8) is 0 Å². The molecule has 0 aromatic carbocycles. The zero-order chi connectivity index (χ0) is 9.28. The molecule has 0 rings (SSSR count). The van der Waals surface area contributed by atoms with Crippen LogP contribution in [0.1, 0.15) is 13.3 Å². The molecule has 11 heavy (non-hydrogen) atoms. The second kappa shape index (κ2) is 3.02. The predicted molar refractivity (Wildman–Crippen MR) is 35.3 cm³/mol. The van der Waals surface area contributed by atoms with Crippen LogP contribution in [0.15, 0.2) is 0 Å². The summed E-state index contributed by atoms with van der Waals surface area (Å²) in [5.41, 5.74) is 0. The maximum Gasteiger partial charge on any atom is 0.397 e. The van der Waals surface area contributed by atoms with E-state index < -0.39 is 23.3 Å². The zero-order valence-corrected chi connectivity index (χ0v) is 6.54. The summed E-state index contributed by atoms with van der Waals surface area (Å²) in [6.07, 6.45) is -5.72. The topological polar surface area (TPSA) is 37.3 Å². The first-order valence-corrected chi connectivity index (χ1v) is 3.12. The molecule has 0 aromatic heterocycles. The third kappa shape index (κ3) is 3.11. The molecule has 0 aliphatic carbocycles. The lowest BCUT2D eigenvalue weighted by atomic mass is 10.2. The normalized spacial score (nSPS) is 17.6. The number of carbonyl (C=O) groups is 1. The number of rotatable bonds is 3. The van der Waals surface area contributed by atoms with E-state index in [2.05, 4.69) is 12.6 Å². The van der Waals surface area contributed by atoms with Gasteiger partial charge in [-0.05, 0) is 6.92 Å². The number of alkyl halides is 3. The number of Topliss-reactive ketones (excluding diaryl/α,β-unsaturated/α-hetero) is 1. The fourth-order valence-corrected chi connectivity index (χ4v) is 0.659. The van der Waals surface area contributed by atoms with Gasteiger partial charge < -0.3 is 5.11 Å². The van der Waals surface area contributed by atoms with Crippen LogP contribution >= 0.6 is 12.6 Å². The second-order valence-corrected chi connectivity index (χ2v) is 2.89. The first-order chi connectivity index (χ1) is 4.67. The Morgan fingerprint density at radius 3 is 2.00 bits per heavy atom. The van der Waals surface area contributed by atoms with Gasteiger partial charge in [-0.1, -0.05) is 0 Å². The van der Waals surface area contributed by atoms with E-state index in [0.29, 0.717) is 0 Å². The van der Waals surface area contributed by atoms with Gasteiger partial charge in [-0.2, -0.15) is 8.78 Å². The van der Waals surface area contributed by atoms with Crippen molar-refractivity contribution in [1.82, 2.24) is 0 Å². The Labute approximate surface area is 66.8 Å². The van der Waals surface area contributed by atoms with Gasteiger partial charge in [0.25, 0.3) is 0 Å². The van der Waals surface area contributed by atoms with Crippen molar-refractivity contribution in [1.29, 1.82) is 0 Å². The molecule has 0 spiro atoms. The highest BCUT2D eigenvalue weighted by atomic mass is 32.1. The Kier molecular flexibility index (Phi) is 2.96. The zero-order valence-electron chi connectivity index (χ0n) is 5.64. The van der Waals surface area contributed by atoms with Crippen molar-refractivity contribution in [2.45, 2.75) is 24.5 Å². The van der Waals surface area contributed by atoms with Crippen molar-refractivity contribution >= 4 is 18.4 Å². The van der Waals surface area contributed by atoms with E-state index in [0.717, 1.165) is 6.92 Å². The second-order valence-electron chi connectivity index (χ2n) is 2.18. The third-order valence-electron chi connectivity index (χ3n) is 0.944. The standard InChI is InChI=1S/C5H7F3O2S/c1-3(9)2-4(6,11)5(7,8)10/h10-11H,2H2,1H3. The Hall–Kier alpha value is -0.230. The number of aliphatic hydroxyl groups is 1. The van der Waals surface area contributed by atoms with Gasteiger partial charge in [0.15, 0.2) is 0 Å². The monoisotopic (exact) mass is 188 g/mol. The molecule has 0 amide bonds. The Bertz CT molecular complexity index is 164. The summed E-state index contributed by atoms with van der Waals surface area (Å²) in [5.74, 6) is -0.809. The van der Waals surface area contributed by atoms with Gasteiger partial charge in [-0.25, -0.2) is 4.39 Å². The molecule has 1 N–H and O–H groups in total. The maximum absolute atomic E-state index is 12.5. The van der Waals surface area contributed by atoms with Crippen LogP contribution in [0, 0.1) is 0 Å². The van der Waals surface area contributed by atoms with Crippen LogP contribution in [-0.2, 0) is 4.79 Å². The fraction of sp³-hybridized carbons (Fsp3) is 0.800.